The maximum atomic E-state index is 13.7. The van der Waals surface area contributed by atoms with Gasteiger partial charge < -0.3 is 9.47 Å². The van der Waals surface area contributed by atoms with Crippen molar-refractivity contribution in [3.63, 3.8) is 0 Å². The maximum absolute atomic E-state index is 13.7. The first-order valence-corrected chi connectivity index (χ1v) is 9.08. The molecule has 5 nitrogen and oxygen atoms in total. The number of hydrogen-bond acceptors (Lipinski definition) is 4. The van der Waals surface area contributed by atoms with Crippen LogP contribution in [0.1, 0.15) is 21.5 Å². The molecule has 29 heavy (non-hydrogen) atoms. The van der Waals surface area contributed by atoms with Gasteiger partial charge in [-0.15, -0.1) is 0 Å². The van der Waals surface area contributed by atoms with Crippen LogP contribution in [-0.4, -0.2) is 19.2 Å². The van der Waals surface area contributed by atoms with Crippen molar-refractivity contribution in [2.45, 2.75) is 6.61 Å². The molecule has 0 atom stereocenters. The zero-order chi connectivity index (χ0) is 20.6. The van der Waals surface area contributed by atoms with E-state index in [0.717, 1.165) is 0 Å². The first-order valence-electron chi connectivity index (χ1n) is 8.70. The molecule has 0 aliphatic carbocycles. The van der Waals surface area contributed by atoms with Crippen molar-refractivity contribution in [2.24, 2.45) is 5.10 Å². The van der Waals surface area contributed by atoms with Crippen LogP contribution in [0.3, 0.4) is 0 Å². The number of hydrazone groups is 1. The normalized spacial score (nSPS) is 10.7. The summed E-state index contributed by atoms with van der Waals surface area (Å²) in [5.74, 6) is 0.230. The second-order valence-corrected chi connectivity index (χ2v) is 6.44. The summed E-state index contributed by atoms with van der Waals surface area (Å²) in [7, 11) is 1.51. The van der Waals surface area contributed by atoms with E-state index >= 15 is 0 Å². The second-order valence-electron chi connectivity index (χ2n) is 6.00. The Morgan fingerprint density at radius 2 is 1.93 bits per heavy atom. The molecule has 0 spiro atoms. The van der Waals surface area contributed by atoms with Crippen LogP contribution in [0.15, 0.2) is 71.8 Å². The molecule has 0 bridgehead atoms. The molecule has 148 valence electrons. The molecular formula is C22H18ClFN2O3. The van der Waals surface area contributed by atoms with E-state index in [-0.39, 0.29) is 18.3 Å². The molecule has 3 aromatic rings. The lowest BCUT2D eigenvalue weighted by Gasteiger charge is -2.11. The van der Waals surface area contributed by atoms with Gasteiger partial charge in [-0.3, -0.25) is 4.79 Å². The SMILES string of the molecule is COc1cc(/C=N\NC(=O)c2cccc(Cl)c2)ccc1OCc1ccccc1F. The minimum atomic E-state index is -0.374. The predicted molar refractivity (Wildman–Crippen MR) is 110 cm³/mol. The monoisotopic (exact) mass is 412 g/mol. The Labute approximate surface area is 172 Å². The lowest BCUT2D eigenvalue weighted by Crippen LogP contribution is -2.17. The zero-order valence-electron chi connectivity index (χ0n) is 15.6. The lowest BCUT2D eigenvalue weighted by molar-refractivity contribution is 0.0955. The third-order valence-electron chi connectivity index (χ3n) is 4.00. The van der Waals surface area contributed by atoms with E-state index in [1.54, 1.807) is 60.7 Å². The number of nitrogens with one attached hydrogen (secondary N) is 1. The van der Waals surface area contributed by atoms with E-state index in [2.05, 4.69) is 10.5 Å². The van der Waals surface area contributed by atoms with Crippen LogP contribution in [0, 0.1) is 5.82 Å². The van der Waals surface area contributed by atoms with Crippen molar-refractivity contribution in [2.75, 3.05) is 7.11 Å². The molecule has 0 unspecified atom stereocenters. The molecule has 0 fully saturated rings. The fourth-order valence-electron chi connectivity index (χ4n) is 2.51. The van der Waals surface area contributed by atoms with Gasteiger partial charge in [0.1, 0.15) is 12.4 Å². The average molecular weight is 413 g/mol. The molecule has 7 heteroatoms. The van der Waals surface area contributed by atoms with Gasteiger partial charge in [0.05, 0.1) is 13.3 Å². The van der Waals surface area contributed by atoms with Crippen LogP contribution in [0.4, 0.5) is 4.39 Å². The number of halogens is 2. The van der Waals surface area contributed by atoms with Gasteiger partial charge in [-0.05, 0) is 48.0 Å². The maximum Gasteiger partial charge on any atom is 0.271 e. The molecule has 0 aromatic heterocycles. The summed E-state index contributed by atoms with van der Waals surface area (Å²) in [6.45, 7) is 0.0756. The smallest absolute Gasteiger partial charge is 0.271 e. The average Bonchev–Trinajstić information content (AvgIpc) is 2.73. The molecule has 3 rings (SSSR count). The molecule has 1 amide bonds. The lowest BCUT2D eigenvalue weighted by atomic mass is 10.2. The molecule has 0 radical (unpaired) electrons. The number of hydrogen-bond donors (Lipinski definition) is 1. The number of benzene rings is 3. The van der Waals surface area contributed by atoms with Crippen molar-refractivity contribution in [1.82, 2.24) is 5.43 Å². The predicted octanol–water partition coefficient (Wildman–Crippen LogP) is 4.83. The van der Waals surface area contributed by atoms with Crippen LogP contribution in [-0.2, 0) is 6.61 Å². The zero-order valence-corrected chi connectivity index (χ0v) is 16.3. The standard InChI is InChI=1S/C22H18ClFN2O3/c1-28-21-11-15(13-25-26-22(27)16-6-4-7-18(23)12-16)9-10-20(21)29-14-17-5-2-3-8-19(17)24/h2-13H,14H2,1H3,(H,26,27)/b25-13-. The van der Waals surface area contributed by atoms with E-state index in [9.17, 15) is 9.18 Å². The first-order chi connectivity index (χ1) is 14.1. The Bertz CT molecular complexity index is 1040. The summed E-state index contributed by atoms with van der Waals surface area (Å²) >= 11 is 5.88. The molecule has 0 heterocycles. The molecular weight excluding hydrogens is 395 g/mol. The Morgan fingerprint density at radius 3 is 2.69 bits per heavy atom. The van der Waals surface area contributed by atoms with Crippen molar-refractivity contribution >= 4 is 23.7 Å². The summed E-state index contributed by atoms with van der Waals surface area (Å²) in [6.07, 6.45) is 1.48. The number of amides is 1. The largest absolute Gasteiger partial charge is 0.493 e. The Hall–Kier alpha value is -3.38. The van der Waals surface area contributed by atoms with Crippen LogP contribution < -0.4 is 14.9 Å². The van der Waals surface area contributed by atoms with Crippen molar-refractivity contribution in [3.8, 4) is 11.5 Å². The van der Waals surface area contributed by atoms with Gasteiger partial charge in [0, 0.05) is 16.1 Å². The van der Waals surface area contributed by atoms with E-state index < -0.39 is 0 Å². The molecule has 0 aliphatic rings. The minimum absolute atomic E-state index is 0.0756. The van der Waals surface area contributed by atoms with Gasteiger partial charge in [0.15, 0.2) is 11.5 Å². The van der Waals surface area contributed by atoms with Crippen LogP contribution >= 0.6 is 11.6 Å². The molecule has 0 saturated carbocycles. The fraction of sp³-hybridized carbons (Fsp3) is 0.0909. The fourth-order valence-corrected chi connectivity index (χ4v) is 2.70. The number of ether oxygens (including phenoxy) is 2. The summed E-state index contributed by atoms with van der Waals surface area (Å²) in [6, 6.07) is 18.1. The number of carbonyl (C=O) groups is 1. The van der Waals surface area contributed by atoms with Gasteiger partial charge in [-0.2, -0.15) is 5.10 Å². The van der Waals surface area contributed by atoms with Gasteiger partial charge in [-0.1, -0.05) is 35.9 Å². The first kappa shape index (κ1) is 20.4. The molecule has 3 aromatic carbocycles. The molecule has 1 N–H and O–H groups in total. The van der Waals surface area contributed by atoms with E-state index in [1.165, 1.54) is 19.4 Å². The van der Waals surface area contributed by atoms with Crippen LogP contribution in [0.25, 0.3) is 0 Å². The summed E-state index contributed by atoms with van der Waals surface area (Å²) in [4.78, 5) is 12.1. The van der Waals surface area contributed by atoms with Crippen LogP contribution in [0.5, 0.6) is 11.5 Å². The van der Waals surface area contributed by atoms with Crippen molar-refractivity contribution in [3.05, 3.63) is 94.3 Å². The third kappa shape index (κ3) is 5.56. The quantitative estimate of drug-likeness (QED) is 0.446. The highest BCUT2D eigenvalue weighted by Crippen LogP contribution is 2.28. The Kier molecular flexibility index (Phi) is 6.81. The van der Waals surface area contributed by atoms with Crippen molar-refractivity contribution < 1.29 is 18.7 Å². The minimum Gasteiger partial charge on any atom is -0.493 e. The van der Waals surface area contributed by atoms with Gasteiger partial charge in [-0.25, -0.2) is 9.82 Å². The van der Waals surface area contributed by atoms with Gasteiger partial charge >= 0.3 is 0 Å². The highest BCUT2D eigenvalue weighted by Gasteiger charge is 2.08. The number of methoxy groups -OCH3 is 1. The Balaban J connectivity index is 1.64. The van der Waals surface area contributed by atoms with Gasteiger partial charge in [0.25, 0.3) is 5.91 Å². The third-order valence-corrected chi connectivity index (χ3v) is 4.23. The summed E-state index contributed by atoms with van der Waals surface area (Å²) in [5.41, 5.74) is 3.98. The van der Waals surface area contributed by atoms with E-state index in [1.807, 2.05) is 0 Å². The summed E-state index contributed by atoms with van der Waals surface area (Å²) in [5, 5.41) is 4.41. The van der Waals surface area contributed by atoms with Gasteiger partial charge in [0.2, 0.25) is 0 Å². The van der Waals surface area contributed by atoms with E-state index in [4.69, 9.17) is 21.1 Å². The molecule has 0 saturated heterocycles. The highest BCUT2D eigenvalue weighted by atomic mass is 35.5. The van der Waals surface area contributed by atoms with E-state index in [0.29, 0.717) is 33.2 Å². The van der Waals surface area contributed by atoms with Crippen molar-refractivity contribution in [1.29, 1.82) is 0 Å². The number of carbonyl (C=O) groups excluding carboxylic acids is 1. The highest BCUT2D eigenvalue weighted by molar-refractivity contribution is 6.30. The van der Waals surface area contributed by atoms with Crippen LogP contribution in [0.2, 0.25) is 5.02 Å². The topological polar surface area (TPSA) is 59.9 Å². The second kappa shape index (κ2) is 9.71. The molecule has 0 aliphatic heterocycles. The number of nitrogens with zero attached hydrogens (tertiary/aromatic N) is 1. The summed E-state index contributed by atoms with van der Waals surface area (Å²) < 4.78 is 24.7. The Morgan fingerprint density at radius 1 is 1.10 bits per heavy atom. The number of rotatable bonds is 7.